The molecule has 4 nitrogen and oxygen atoms in total. The van der Waals surface area contributed by atoms with Gasteiger partial charge in [0.2, 0.25) is 5.91 Å². The molecule has 2 fully saturated rings. The molecule has 0 aromatic heterocycles. The Morgan fingerprint density at radius 2 is 2.12 bits per heavy atom. The fraction of sp³-hybridized carbons (Fsp3) is 0.917. The lowest BCUT2D eigenvalue weighted by molar-refractivity contribution is -0.131. The maximum atomic E-state index is 12.1. The smallest absolute Gasteiger partial charge is 0.227 e. The summed E-state index contributed by atoms with van der Waals surface area (Å²) in [4.78, 5) is 12.1. The van der Waals surface area contributed by atoms with Crippen molar-refractivity contribution in [1.29, 1.82) is 0 Å². The summed E-state index contributed by atoms with van der Waals surface area (Å²) in [6, 6.07) is 0. The van der Waals surface area contributed by atoms with Crippen LogP contribution in [-0.2, 0) is 4.79 Å². The molecule has 17 heavy (non-hydrogen) atoms. The zero-order chi connectivity index (χ0) is 11.6. The zero-order valence-corrected chi connectivity index (χ0v) is 11.2. The van der Waals surface area contributed by atoms with Crippen LogP contribution in [0, 0.1) is 10.8 Å². The number of halogens is 1. The minimum Gasteiger partial charge on any atom is -0.396 e. The summed E-state index contributed by atoms with van der Waals surface area (Å²) >= 11 is 0. The van der Waals surface area contributed by atoms with Crippen molar-refractivity contribution in [2.75, 3.05) is 26.2 Å². The molecule has 2 aliphatic rings. The Balaban J connectivity index is 0.00000144. The van der Waals surface area contributed by atoms with Crippen LogP contribution < -0.4 is 10.6 Å². The van der Waals surface area contributed by atoms with Crippen molar-refractivity contribution in [3.05, 3.63) is 0 Å². The predicted molar refractivity (Wildman–Crippen MR) is 69.2 cm³/mol. The van der Waals surface area contributed by atoms with E-state index < -0.39 is 0 Å². The molecule has 0 bridgehead atoms. The highest BCUT2D eigenvalue weighted by atomic mass is 35.5. The van der Waals surface area contributed by atoms with Gasteiger partial charge in [0.25, 0.3) is 0 Å². The third-order valence-corrected chi connectivity index (χ3v) is 4.06. The highest BCUT2D eigenvalue weighted by molar-refractivity contribution is 5.85. The summed E-state index contributed by atoms with van der Waals surface area (Å²) in [6.45, 7) is 4.64. The number of aliphatic hydroxyl groups is 1. The van der Waals surface area contributed by atoms with Crippen molar-refractivity contribution in [3.63, 3.8) is 0 Å². The molecule has 5 heteroatoms. The molecule has 1 unspecified atom stereocenters. The lowest BCUT2D eigenvalue weighted by Gasteiger charge is -2.33. The number of carbonyl (C=O) groups is 1. The van der Waals surface area contributed by atoms with E-state index in [-0.39, 0.29) is 35.8 Å². The summed E-state index contributed by atoms with van der Waals surface area (Å²) in [5.41, 5.74) is -0.252. The van der Waals surface area contributed by atoms with Crippen LogP contribution in [0.25, 0.3) is 0 Å². The Hall–Kier alpha value is -0.320. The van der Waals surface area contributed by atoms with Crippen LogP contribution in [0.4, 0.5) is 0 Å². The van der Waals surface area contributed by atoms with E-state index in [1.165, 1.54) is 0 Å². The Bertz CT molecular complexity index is 274. The first kappa shape index (κ1) is 14.7. The maximum Gasteiger partial charge on any atom is 0.227 e. The summed E-state index contributed by atoms with van der Waals surface area (Å²) in [5, 5.41) is 15.5. The largest absolute Gasteiger partial charge is 0.396 e. The molecular formula is C12H23ClN2O2. The summed E-state index contributed by atoms with van der Waals surface area (Å²) in [7, 11) is 0. The second-order valence-electron chi connectivity index (χ2n) is 5.68. The summed E-state index contributed by atoms with van der Waals surface area (Å²) in [5.74, 6) is 0.138. The summed E-state index contributed by atoms with van der Waals surface area (Å²) in [6.07, 6.45) is 4.10. The van der Waals surface area contributed by atoms with Gasteiger partial charge in [0.05, 0.1) is 12.0 Å². The Labute approximate surface area is 109 Å². The first-order valence-corrected chi connectivity index (χ1v) is 6.20. The number of carbonyl (C=O) groups excluding carboxylic acids is 1. The lowest BCUT2D eigenvalue weighted by Crippen LogP contribution is -2.49. The molecule has 0 radical (unpaired) electrons. The van der Waals surface area contributed by atoms with Gasteiger partial charge in [-0.15, -0.1) is 12.4 Å². The molecule has 0 spiro atoms. The molecule has 1 heterocycles. The topological polar surface area (TPSA) is 61.4 Å². The number of rotatable bonds is 4. The van der Waals surface area contributed by atoms with Crippen LogP contribution in [0.5, 0.6) is 0 Å². The fourth-order valence-electron chi connectivity index (χ4n) is 2.30. The summed E-state index contributed by atoms with van der Waals surface area (Å²) < 4.78 is 0. The van der Waals surface area contributed by atoms with Crippen molar-refractivity contribution in [1.82, 2.24) is 10.6 Å². The van der Waals surface area contributed by atoms with E-state index in [9.17, 15) is 9.90 Å². The molecule has 0 aromatic rings. The molecule has 1 saturated carbocycles. The van der Waals surface area contributed by atoms with Crippen LogP contribution in [0.2, 0.25) is 0 Å². The molecule has 0 aromatic carbocycles. The number of aliphatic hydroxyl groups excluding tert-OH is 1. The normalized spacial score (nSPS) is 30.2. The van der Waals surface area contributed by atoms with Crippen molar-refractivity contribution < 1.29 is 9.90 Å². The first-order chi connectivity index (χ1) is 7.60. The van der Waals surface area contributed by atoms with Crippen LogP contribution in [0.3, 0.4) is 0 Å². The Morgan fingerprint density at radius 1 is 1.41 bits per heavy atom. The number of hydrogen-bond donors (Lipinski definition) is 3. The van der Waals surface area contributed by atoms with E-state index in [0.717, 1.165) is 38.8 Å². The SMILES string of the molecule is CC1(C(=O)NCC2(CO)CC2)CCCNC1.Cl. The van der Waals surface area contributed by atoms with Gasteiger partial charge in [0.1, 0.15) is 0 Å². The average molecular weight is 263 g/mol. The van der Waals surface area contributed by atoms with Gasteiger partial charge in [-0.05, 0) is 39.2 Å². The zero-order valence-electron chi connectivity index (χ0n) is 10.4. The molecule has 3 N–H and O–H groups in total. The number of piperidine rings is 1. The molecule has 1 amide bonds. The van der Waals surface area contributed by atoms with Gasteiger partial charge in [-0.3, -0.25) is 4.79 Å². The van der Waals surface area contributed by atoms with Crippen molar-refractivity contribution in [2.24, 2.45) is 10.8 Å². The second kappa shape index (κ2) is 5.55. The van der Waals surface area contributed by atoms with E-state index in [0.29, 0.717) is 6.54 Å². The predicted octanol–water partition coefficient (Wildman–Crippen LogP) is 0.687. The first-order valence-electron chi connectivity index (χ1n) is 6.20. The molecule has 100 valence electrons. The fourth-order valence-corrected chi connectivity index (χ4v) is 2.30. The molecule has 1 atom stereocenters. The standard InChI is InChI=1S/C12H22N2O2.ClH/c1-11(3-2-6-13-7-11)10(16)14-8-12(9-15)4-5-12;/h13,15H,2-9H2,1H3,(H,14,16);1H. The van der Waals surface area contributed by atoms with Gasteiger partial charge in [0.15, 0.2) is 0 Å². The van der Waals surface area contributed by atoms with Crippen LogP contribution >= 0.6 is 12.4 Å². The van der Waals surface area contributed by atoms with Gasteiger partial charge in [-0.25, -0.2) is 0 Å². The van der Waals surface area contributed by atoms with Gasteiger partial charge in [-0.1, -0.05) is 0 Å². The van der Waals surface area contributed by atoms with Gasteiger partial charge in [0, 0.05) is 18.5 Å². The highest BCUT2D eigenvalue weighted by Crippen LogP contribution is 2.44. The highest BCUT2D eigenvalue weighted by Gasteiger charge is 2.43. The Morgan fingerprint density at radius 3 is 2.59 bits per heavy atom. The van der Waals surface area contributed by atoms with Crippen molar-refractivity contribution in [3.8, 4) is 0 Å². The third kappa shape index (κ3) is 3.33. The number of hydrogen-bond acceptors (Lipinski definition) is 3. The quantitative estimate of drug-likeness (QED) is 0.699. The van der Waals surface area contributed by atoms with Gasteiger partial charge < -0.3 is 15.7 Å². The number of nitrogens with one attached hydrogen (secondary N) is 2. The van der Waals surface area contributed by atoms with E-state index in [1.807, 2.05) is 6.92 Å². The van der Waals surface area contributed by atoms with E-state index >= 15 is 0 Å². The molecule has 1 aliphatic carbocycles. The van der Waals surface area contributed by atoms with Crippen LogP contribution in [0.1, 0.15) is 32.6 Å². The Kier molecular flexibility index (Phi) is 4.81. The van der Waals surface area contributed by atoms with Crippen LogP contribution in [0.15, 0.2) is 0 Å². The second-order valence-corrected chi connectivity index (χ2v) is 5.68. The molecular weight excluding hydrogens is 240 g/mol. The van der Waals surface area contributed by atoms with E-state index in [1.54, 1.807) is 0 Å². The maximum absolute atomic E-state index is 12.1. The van der Waals surface area contributed by atoms with Crippen molar-refractivity contribution in [2.45, 2.75) is 32.6 Å². The van der Waals surface area contributed by atoms with Crippen molar-refractivity contribution >= 4 is 18.3 Å². The molecule has 2 rings (SSSR count). The minimum absolute atomic E-state index is 0. The van der Waals surface area contributed by atoms with E-state index in [2.05, 4.69) is 10.6 Å². The molecule has 1 aliphatic heterocycles. The molecule has 1 saturated heterocycles. The van der Waals surface area contributed by atoms with Gasteiger partial charge in [-0.2, -0.15) is 0 Å². The lowest BCUT2D eigenvalue weighted by atomic mass is 9.82. The van der Waals surface area contributed by atoms with Gasteiger partial charge >= 0.3 is 0 Å². The third-order valence-electron chi connectivity index (χ3n) is 4.06. The average Bonchev–Trinajstić information content (AvgIpc) is 3.07. The number of amides is 1. The van der Waals surface area contributed by atoms with Crippen LogP contribution in [-0.4, -0.2) is 37.3 Å². The monoisotopic (exact) mass is 262 g/mol. The minimum atomic E-state index is -0.260. The van der Waals surface area contributed by atoms with E-state index in [4.69, 9.17) is 0 Å².